The highest BCUT2D eigenvalue weighted by atomic mass is 16.5. The molecule has 2 N–H and O–H groups in total. The van der Waals surface area contributed by atoms with Crippen molar-refractivity contribution in [1.82, 2.24) is 15.5 Å². The number of amides is 4. The molecule has 2 aromatic carbocycles. The summed E-state index contributed by atoms with van der Waals surface area (Å²) in [6.45, 7) is 3.01. The quantitative estimate of drug-likeness (QED) is 0.596. The van der Waals surface area contributed by atoms with E-state index in [0.717, 1.165) is 15.9 Å². The lowest BCUT2D eigenvalue weighted by Gasteiger charge is -2.22. The number of rotatable bonds is 6. The van der Waals surface area contributed by atoms with E-state index >= 15 is 0 Å². The molecule has 0 saturated carbocycles. The molecule has 4 rings (SSSR count). The number of carbonyl (C=O) groups excluding carboxylic acids is 3. The second-order valence-corrected chi connectivity index (χ2v) is 7.65. The lowest BCUT2D eigenvalue weighted by molar-refractivity contribution is -0.135. The van der Waals surface area contributed by atoms with Crippen molar-refractivity contribution in [3.05, 3.63) is 65.9 Å². The number of benzene rings is 2. The summed E-state index contributed by atoms with van der Waals surface area (Å²) < 4.78 is 10.9. The van der Waals surface area contributed by atoms with Gasteiger partial charge in [-0.3, -0.25) is 14.5 Å². The number of methoxy groups -OCH3 is 1. The van der Waals surface area contributed by atoms with E-state index < -0.39 is 29.4 Å². The molecular formula is C23H23N3O5. The molecule has 0 unspecified atom stereocenters. The van der Waals surface area contributed by atoms with Crippen LogP contribution in [0.2, 0.25) is 0 Å². The number of fused-ring (bicyclic) bond motifs is 1. The highest BCUT2D eigenvalue weighted by Gasteiger charge is 2.49. The molecule has 0 bridgehead atoms. The number of nitrogens with one attached hydrogen (secondary N) is 2. The maximum atomic E-state index is 13.0. The van der Waals surface area contributed by atoms with Crippen LogP contribution in [0.25, 0.3) is 11.0 Å². The summed E-state index contributed by atoms with van der Waals surface area (Å²) in [7, 11) is 1.55. The smallest absolute Gasteiger partial charge is 0.325 e. The van der Waals surface area contributed by atoms with Gasteiger partial charge in [0.1, 0.15) is 29.2 Å². The van der Waals surface area contributed by atoms with Gasteiger partial charge in [0.15, 0.2) is 0 Å². The van der Waals surface area contributed by atoms with Crippen molar-refractivity contribution in [2.75, 3.05) is 13.7 Å². The van der Waals surface area contributed by atoms with Crippen LogP contribution in [0.1, 0.15) is 31.2 Å². The fraction of sp³-hybridized carbons (Fsp3) is 0.261. The third-order valence-electron chi connectivity index (χ3n) is 5.49. The zero-order valence-corrected chi connectivity index (χ0v) is 17.5. The van der Waals surface area contributed by atoms with E-state index in [1.807, 2.05) is 30.3 Å². The molecule has 1 fully saturated rings. The summed E-state index contributed by atoms with van der Waals surface area (Å²) in [5.41, 5.74) is 0.0710. The molecule has 2 atom stereocenters. The Bertz CT molecular complexity index is 1120. The first-order valence-electron chi connectivity index (χ1n) is 9.88. The molecule has 1 aliphatic heterocycles. The fourth-order valence-corrected chi connectivity index (χ4v) is 3.68. The number of ether oxygens (including phenoxy) is 1. The molecule has 8 heteroatoms. The lowest BCUT2D eigenvalue weighted by Crippen LogP contribution is -2.43. The SMILES string of the molecule is COc1ccc([C@@]2(C)NC(=O)N(CC(=O)N[C@H](C)c3cc4ccccc4o3)C2=O)cc1. The number of para-hydroxylation sites is 1. The zero-order valence-electron chi connectivity index (χ0n) is 17.5. The van der Waals surface area contributed by atoms with Crippen molar-refractivity contribution in [3.8, 4) is 5.75 Å². The van der Waals surface area contributed by atoms with Crippen LogP contribution >= 0.6 is 0 Å². The first-order chi connectivity index (χ1) is 14.8. The molecule has 160 valence electrons. The van der Waals surface area contributed by atoms with Gasteiger partial charge in [0, 0.05) is 5.39 Å². The van der Waals surface area contributed by atoms with Gasteiger partial charge in [-0.2, -0.15) is 0 Å². The van der Waals surface area contributed by atoms with Crippen LogP contribution in [0.4, 0.5) is 4.79 Å². The van der Waals surface area contributed by atoms with Crippen molar-refractivity contribution in [2.45, 2.75) is 25.4 Å². The highest BCUT2D eigenvalue weighted by Crippen LogP contribution is 2.30. The van der Waals surface area contributed by atoms with Crippen LogP contribution in [0.3, 0.4) is 0 Å². The summed E-state index contributed by atoms with van der Waals surface area (Å²) in [4.78, 5) is 39.0. The normalized spacial score (nSPS) is 19.4. The summed E-state index contributed by atoms with van der Waals surface area (Å²) in [6, 6.07) is 15.2. The van der Waals surface area contributed by atoms with Gasteiger partial charge >= 0.3 is 6.03 Å². The van der Waals surface area contributed by atoms with E-state index in [1.165, 1.54) is 0 Å². The van der Waals surface area contributed by atoms with Crippen LogP contribution < -0.4 is 15.4 Å². The third kappa shape index (κ3) is 3.72. The van der Waals surface area contributed by atoms with Gasteiger partial charge in [-0.15, -0.1) is 0 Å². The van der Waals surface area contributed by atoms with Gasteiger partial charge in [0.05, 0.1) is 13.2 Å². The van der Waals surface area contributed by atoms with Crippen molar-refractivity contribution in [2.24, 2.45) is 0 Å². The predicted molar refractivity (Wildman–Crippen MR) is 113 cm³/mol. The van der Waals surface area contributed by atoms with E-state index in [-0.39, 0.29) is 6.54 Å². The van der Waals surface area contributed by atoms with Gasteiger partial charge in [-0.05, 0) is 43.7 Å². The van der Waals surface area contributed by atoms with Crippen LogP contribution in [0.5, 0.6) is 5.75 Å². The van der Waals surface area contributed by atoms with E-state index in [1.54, 1.807) is 45.2 Å². The molecule has 1 saturated heterocycles. The molecule has 1 aromatic heterocycles. The third-order valence-corrected chi connectivity index (χ3v) is 5.49. The molecule has 4 amide bonds. The molecule has 0 aliphatic carbocycles. The summed E-state index contributed by atoms with van der Waals surface area (Å²) in [5.74, 6) is 0.277. The van der Waals surface area contributed by atoms with Crippen LogP contribution in [-0.2, 0) is 15.1 Å². The maximum absolute atomic E-state index is 13.0. The average Bonchev–Trinajstić information content (AvgIpc) is 3.29. The van der Waals surface area contributed by atoms with E-state index in [9.17, 15) is 14.4 Å². The zero-order chi connectivity index (χ0) is 22.2. The fourth-order valence-electron chi connectivity index (χ4n) is 3.68. The molecule has 0 spiro atoms. The van der Waals surface area contributed by atoms with Crippen molar-refractivity contribution in [3.63, 3.8) is 0 Å². The molecule has 2 heterocycles. The summed E-state index contributed by atoms with van der Waals surface area (Å²) in [5, 5.41) is 6.41. The standard InChI is InChI=1S/C23H23N3O5/c1-14(19-12-15-6-4-5-7-18(15)31-19)24-20(27)13-26-21(28)23(2,25-22(26)29)16-8-10-17(30-3)11-9-16/h4-12,14H,13H2,1-3H3,(H,24,27)(H,25,29)/t14-,23-/m1/s1. The van der Waals surface area contributed by atoms with Crippen LogP contribution in [0.15, 0.2) is 59.0 Å². The predicted octanol–water partition coefficient (Wildman–Crippen LogP) is 3.09. The number of hydrogen-bond acceptors (Lipinski definition) is 5. The Morgan fingerprint density at radius 2 is 1.90 bits per heavy atom. The lowest BCUT2D eigenvalue weighted by atomic mass is 9.92. The minimum absolute atomic E-state index is 0.388. The number of furan rings is 1. The van der Waals surface area contributed by atoms with Gasteiger partial charge in [-0.1, -0.05) is 30.3 Å². The maximum Gasteiger partial charge on any atom is 0.325 e. The largest absolute Gasteiger partial charge is 0.497 e. The minimum atomic E-state index is -1.26. The Morgan fingerprint density at radius 3 is 2.58 bits per heavy atom. The molecule has 8 nitrogen and oxygen atoms in total. The Balaban J connectivity index is 1.45. The second kappa shape index (κ2) is 7.79. The second-order valence-electron chi connectivity index (χ2n) is 7.65. The van der Waals surface area contributed by atoms with Crippen molar-refractivity contribution in [1.29, 1.82) is 0 Å². The Morgan fingerprint density at radius 1 is 1.19 bits per heavy atom. The Hall–Kier alpha value is -3.81. The molecule has 1 aliphatic rings. The minimum Gasteiger partial charge on any atom is -0.497 e. The van der Waals surface area contributed by atoms with Gasteiger partial charge in [0.25, 0.3) is 5.91 Å². The van der Waals surface area contributed by atoms with E-state index in [4.69, 9.17) is 9.15 Å². The van der Waals surface area contributed by atoms with Crippen LogP contribution in [0, 0.1) is 0 Å². The highest BCUT2D eigenvalue weighted by molar-refractivity contribution is 6.09. The van der Waals surface area contributed by atoms with Gasteiger partial charge in [-0.25, -0.2) is 4.79 Å². The van der Waals surface area contributed by atoms with E-state index in [0.29, 0.717) is 17.1 Å². The summed E-state index contributed by atoms with van der Waals surface area (Å²) >= 11 is 0. The van der Waals surface area contributed by atoms with E-state index in [2.05, 4.69) is 10.6 Å². The Kier molecular flexibility index (Phi) is 5.14. The number of urea groups is 1. The monoisotopic (exact) mass is 421 g/mol. The first kappa shape index (κ1) is 20.5. The topological polar surface area (TPSA) is 101 Å². The Labute approximate surface area is 179 Å². The molecule has 3 aromatic rings. The summed E-state index contributed by atoms with van der Waals surface area (Å²) in [6.07, 6.45) is 0. The van der Waals surface area contributed by atoms with Gasteiger partial charge < -0.3 is 19.8 Å². The molecule has 0 radical (unpaired) electrons. The average molecular weight is 421 g/mol. The number of hydrogen-bond donors (Lipinski definition) is 2. The number of imide groups is 1. The molecular weight excluding hydrogens is 398 g/mol. The number of nitrogens with zero attached hydrogens (tertiary/aromatic N) is 1. The van der Waals surface area contributed by atoms with Crippen molar-refractivity contribution < 1.29 is 23.5 Å². The number of carbonyl (C=O) groups is 3. The first-order valence-corrected chi connectivity index (χ1v) is 9.88. The van der Waals surface area contributed by atoms with Crippen LogP contribution in [-0.4, -0.2) is 36.4 Å². The van der Waals surface area contributed by atoms with Crippen molar-refractivity contribution >= 4 is 28.8 Å². The molecule has 31 heavy (non-hydrogen) atoms. The van der Waals surface area contributed by atoms with Gasteiger partial charge in [0.2, 0.25) is 5.91 Å².